The first-order chi connectivity index (χ1) is 10.1. The lowest BCUT2D eigenvalue weighted by atomic mass is 10.2. The number of fused-ring (bicyclic) bond motifs is 1. The highest BCUT2D eigenvalue weighted by Gasteiger charge is 2.15. The number of nitrogens with one attached hydrogen (secondary N) is 2. The quantitative estimate of drug-likeness (QED) is 0.803. The van der Waals surface area contributed by atoms with Gasteiger partial charge in [0.25, 0.3) is 5.91 Å². The number of anilines is 2. The highest BCUT2D eigenvalue weighted by Crippen LogP contribution is 2.30. The molecule has 3 rings (SSSR count). The number of benzene rings is 1. The molecule has 1 aromatic heterocycles. The van der Waals surface area contributed by atoms with Crippen molar-refractivity contribution in [2.75, 3.05) is 17.2 Å². The van der Waals surface area contributed by atoms with Crippen LogP contribution in [0.4, 0.5) is 11.4 Å². The number of amides is 1. The maximum atomic E-state index is 11.3. The molecule has 3 N–H and O–H groups in total. The largest absolute Gasteiger partial charge is 0.506 e. The number of aromatic nitrogens is 1. The van der Waals surface area contributed by atoms with Crippen LogP contribution in [0.1, 0.15) is 11.4 Å². The third-order valence-corrected chi connectivity index (χ3v) is 3.16. The van der Waals surface area contributed by atoms with Gasteiger partial charge in [-0.25, -0.2) is 0 Å². The van der Waals surface area contributed by atoms with E-state index < -0.39 is 0 Å². The molecule has 0 spiro atoms. The van der Waals surface area contributed by atoms with Crippen molar-refractivity contribution in [3.63, 3.8) is 0 Å². The second-order valence-corrected chi connectivity index (χ2v) is 4.82. The zero-order chi connectivity index (χ0) is 14.8. The molecule has 2 heterocycles. The van der Waals surface area contributed by atoms with Crippen LogP contribution in [0, 0.1) is 6.92 Å². The lowest BCUT2D eigenvalue weighted by Crippen LogP contribution is -2.25. The fourth-order valence-corrected chi connectivity index (χ4v) is 2.11. The zero-order valence-corrected chi connectivity index (χ0v) is 11.5. The summed E-state index contributed by atoms with van der Waals surface area (Å²) in [5.41, 5.74) is 2.86. The number of nitrogens with zero attached hydrogens (tertiary/aromatic N) is 1. The Hall–Kier alpha value is -2.76. The van der Waals surface area contributed by atoms with Gasteiger partial charge in [0.15, 0.2) is 6.61 Å². The predicted molar refractivity (Wildman–Crippen MR) is 78.5 cm³/mol. The normalized spacial score (nSPS) is 13.1. The number of carbonyl (C=O) groups excluding carboxylic acids is 1. The number of aromatic hydroxyl groups is 1. The van der Waals surface area contributed by atoms with E-state index >= 15 is 0 Å². The smallest absolute Gasteiger partial charge is 0.262 e. The van der Waals surface area contributed by atoms with E-state index in [2.05, 4.69) is 15.6 Å². The Balaban J connectivity index is 1.75. The van der Waals surface area contributed by atoms with Crippen LogP contribution < -0.4 is 15.4 Å². The molecule has 2 aromatic rings. The molecule has 0 bridgehead atoms. The van der Waals surface area contributed by atoms with Crippen molar-refractivity contribution in [3.8, 4) is 11.5 Å². The Morgan fingerprint density at radius 2 is 2.24 bits per heavy atom. The Labute approximate surface area is 121 Å². The van der Waals surface area contributed by atoms with Crippen LogP contribution in [0.15, 0.2) is 30.3 Å². The Bertz CT molecular complexity index is 701. The molecule has 108 valence electrons. The first-order valence-corrected chi connectivity index (χ1v) is 6.58. The first kappa shape index (κ1) is 13.2. The summed E-state index contributed by atoms with van der Waals surface area (Å²) in [7, 11) is 0. The van der Waals surface area contributed by atoms with Gasteiger partial charge in [-0.1, -0.05) is 0 Å². The van der Waals surface area contributed by atoms with Crippen LogP contribution in [0.25, 0.3) is 0 Å². The zero-order valence-electron chi connectivity index (χ0n) is 11.5. The van der Waals surface area contributed by atoms with Crippen molar-refractivity contribution >= 4 is 17.3 Å². The standard InChI is InChI=1S/C15H15N3O3/c1-9-2-4-13(19)12(17-9)7-16-10-3-5-14-11(6-10)18-15(20)8-21-14/h2-6,16,19H,7-8H2,1H3,(H,18,20). The fraction of sp³-hybridized carbons (Fsp3) is 0.200. The number of hydrogen-bond donors (Lipinski definition) is 3. The molecule has 6 nitrogen and oxygen atoms in total. The van der Waals surface area contributed by atoms with Gasteiger partial charge in [0.05, 0.1) is 12.2 Å². The van der Waals surface area contributed by atoms with Gasteiger partial charge >= 0.3 is 0 Å². The predicted octanol–water partition coefficient (Wildman–Crippen LogP) is 2.04. The summed E-state index contributed by atoms with van der Waals surface area (Å²) in [4.78, 5) is 15.6. The minimum Gasteiger partial charge on any atom is -0.506 e. The van der Waals surface area contributed by atoms with Crippen LogP contribution in [0.2, 0.25) is 0 Å². The van der Waals surface area contributed by atoms with Crippen molar-refractivity contribution < 1.29 is 14.6 Å². The second-order valence-electron chi connectivity index (χ2n) is 4.82. The first-order valence-electron chi connectivity index (χ1n) is 6.58. The van der Waals surface area contributed by atoms with Crippen molar-refractivity contribution in [1.29, 1.82) is 0 Å². The third kappa shape index (κ3) is 2.89. The van der Waals surface area contributed by atoms with Gasteiger partial charge in [-0.2, -0.15) is 0 Å². The van der Waals surface area contributed by atoms with Crippen molar-refractivity contribution in [3.05, 3.63) is 41.7 Å². The molecule has 21 heavy (non-hydrogen) atoms. The minimum absolute atomic E-state index is 0.0425. The lowest BCUT2D eigenvalue weighted by molar-refractivity contribution is -0.118. The van der Waals surface area contributed by atoms with Crippen molar-refractivity contribution in [2.24, 2.45) is 0 Å². The van der Waals surface area contributed by atoms with Gasteiger partial charge in [-0.15, -0.1) is 0 Å². The maximum absolute atomic E-state index is 11.3. The fourth-order valence-electron chi connectivity index (χ4n) is 2.11. The van der Waals surface area contributed by atoms with E-state index in [9.17, 15) is 9.90 Å². The monoisotopic (exact) mass is 285 g/mol. The number of rotatable bonds is 3. The number of ether oxygens (including phenoxy) is 1. The molecular formula is C15H15N3O3. The molecule has 0 saturated heterocycles. The van der Waals surface area contributed by atoms with Crippen LogP contribution >= 0.6 is 0 Å². The SMILES string of the molecule is Cc1ccc(O)c(CNc2ccc3c(c2)NC(=O)CO3)n1. The van der Waals surface area contributed by atoms with E-state index in [1.54, 1.807) is 24.3 Å². The van der Waals surface area contributed by atoms with Crippen molar-refractivity contribution in [1.82, 2.24) is 4.98 Å². The van der Waals surface area contributed by atoms with E-state index in [1.165, 1.54) is 0 Å². The van der Waals surface area contributed by atoms with Gasteiger partial charge in [0.1, 0.15) is 17.2 Å². The summed E-state index contributed by atoms with van der Waals surface area (Å²) in [5.74, 6) is 0.636. The van der Waals surface area contributed by atoms with Crippen molar-refractivity contribution in [2.45, 2.75) is 13.5 Å². The summed E-state index contributed by atoms with van der Waals surface area (Å²) >= 11 is 0. The van der Waals surface area contributed by atoms with Crippen LogP contribution in [0.3, 0.4) is 0 Å². The Morgan fingerprint density at radius 1 is 1.38 bits per heavy atom. The highest BCUT2D eigenvalue weighted by molar-refractivity contribution is 5.96. The maximum Gasteiger partial charge on any atom is 0.262 e. The number of aryl methyl sites for hydroxylation is 1. The lowest BCUT2D eigenvalue weighted by Gasteiger charge is -2.19. The Morgan fingerprint density at radius 3 is 3.10 bits per heavy atom. The molecule has 0 fully saturated rings. The van der Waals surface area contributed by atoms with Gasteiger partial charge in [-0.05, 0) is 37.3 Å². The summed E-state index contributed by atoms with van der Waals surface area (Å²) in [5, 5.41) is 15.7. The van der Waals surface area contributed by atoms with Gasteiger partial charge < -0.3 is 20.5 Å². The molecule has 1 amide bonds. The van der Waals surface area contributed by atoms with Gasteiger partial charge in [0.2, 0.25) is 0 Å². The molecular weight excluding hydrogens is 270 g/mol. The minimum atomic E-state index is -0.169. The average molecular weight is 285 g/mol. The Kier molecular flexibility index (Phi) is 3.35. The van der Waals surface area contributed by atoms with Crippen LogP contribution in [0.5, 0.6) is 11.5 Å². The molecule has 6 heteroatoms. The van der Waals surface area contributed by atoms with Gasteiger partial charge in [0, 0.05) is 11.4 Å². The summed E-state index contributed by atoms with van der Waals surface area (Å²) in [6, 6.07) is 8.81. The highest BCUT2D eigenvalue weighted by atomic mass is 16.5. The molecule has 1 aromatic carbocycles. The number of carbonyl (C=O) groups is 1. The average Bonchev–Trinajstić information content (AvgIpc) is 2.47. The van der Waals surface area contributed by atoms with E-state index in [0.29, 0.717) is 23.7 Å². The summed E-state index contributed by atoms with van der Waals surface area (Å²) in [6.45, 7) is 2.30. The van der Waals surface area contributed by atoms with E-state index in [1.807, 2.05) is 13.0 Å². The van der Waals surface area contributed by atoms with E-state index in [0.717, 1.165) is 11.4 Å². The van der Waals surface area contributed by atoms with E-state index in [4.69, 9.17) is 4.74 Å². The number of hydrogen-bond acceptors (Lipinski definition) is 5. The summed E-state index contributed by atoms with van der Waals surface area (Å²) in [6.07, 6.45) is 0. The summed E-state index contributed by atoms with van der Waals surface area (Å²) < 4.78 is 5.30. The second kappa shape index (κ2) is 5.32. The molecule has 0 unspecified atom stereocenters. The number of pyridine rings is 1. The molecule has 0 radical (unpaired) electrons. The van der Waals surface area contributed by atoms with Crippen LogP contribution in [-0.4, -0.2) is 22.6 Å². The van der Waals surface area contributed by atoms with E-state index in [-0.39, 0.29) is 18.3 Å². The topological polar surface area (TPSA) is 83.5 Å². The molecule has 0 aliphatic carbocycles. The molecule has 0 atom stereocenters. The third-order valence-electron chi connectivity index (χ3n) is 3.16. The van der Waals surface area contributed by atoms with Gasteiger partial charge in [-0.3, -0.25) is 9.78 Å². The molecule has 0 saturated carbocycles. The molecule has 1 aliphatic heterocycles. The van der Waals surface area contributed by atoms with Crippen LogP contribution in [-0.2, 0) is 11.3 Å². The molecule has 1 aliphatic rings.